The number of likely N-dealkylation sites (tertiary alicyclic amines) is 1. The second kappa shape index (κ2) is 8.90. The highest BCUT2D eigenvalue weighted by molar-refractivity contribution is 5.96. The summed E-state index contributed by atoms with van der Waals surface area (Å²) in [7, 11) is 0. The lowest BCUT2D eigenvalue weighted by Gasteiger charge is -2.34. The predicted octanol–water partition coefficient (Wildman–Crippen LogP) is 2.26. The minimum absolute atomic E-state index is 0.0483. The summed E-state index contributed by atoms with van der Waals surface area (Å²) in [6.45, 7) is 11.7. The van der Waals surface area contributed by atoms with Gasteiger partial charge in [-0.3, -0.25) is 4.79 Å². The van der Waals surface area contributed by atoms with E-state index in [2.05, 4.69) is 15.6 Å². The number of amides is 3. The third kappa shape index (κ3) is 4.21. The smallest absolute Gasteiger partial charge is 0.317 e. The molecule has 1 unspecified atom stereocenters. The fourth-order valence-electron chi connectivity index (χ4n) is 4.60. The molecule has 0 bridgehead atoms. The maximum Gasteiger partial charge on any atom is 0.317 e. The number of hydrogen-bond acceptors (Lipinski definition) is 5. The molecule has 32 heavy (non-hydrogen) atoms. The van der Waals surface area contributed by atoms with Gasteiger partial charge in [0.2, 0.25) is 0 Å². The van der Waals surface area contributed by atoms with Gasteiger partial charge in [-0.1, -0.05) is 22.9 Å². The van der Waals surface area contributed by atoms with Crippen molar-refractivity contribution in [2.45, 2.75) is 59.4 Å². The number of aryl methyl sites for hydroxylation is 2. The van der Waals surface area contributed by atoms with Gasteiger partial charge in [0.1, 0.15) is 11.3 Å². The van der Waals surface area contributed by atoms with Crippen molar-refractivity contribution in [1.29, 1.82) is 0 Å². The van der Waals surface area contributed by atoms with E-state index < -0.39 is 5.60 Å². The van der Waals surface area contributed by atoms with E-state index in [-0.39, 0.29) is 11.9 Å². The molecule has 2 aromatic rings. The average Bonchev–Trinajstić information content (AvgIpc) is 3.37. The molecule has 1 N–H and O–H groups in total. The Balaban J connectivity index is 1.41. The molecule has 1 aromatic carbocycles. The number of benzene rings is 1. The number of carbonyl (C=O) groups is 2. The molecule has 1 atom stereocenters. The van der Waals surface area contributed by atoms with Crippen LogP contribution >= 0.6 is 0 Å². The van der Waals surface area contributed by atoms with Gasteiger partial charge in [-0.05, 0) is 45.7 Å². The first-order valence-electron chi connectivity index (χ1n) is 11.3. The van der Waals surface area contributed by atoms with Crippen molar-refractivity contribution in [3.05, 3.63) is 46.3 Å². The summed E-state index contributed by atoms with van der Waals surface area (Å²) in [6.07, 6.45) is 0.761. The molecule has 0 aliphatic carbocycles. The van der Waals surface area contributed by atoms with Crippen LogP contribution in [0.3, 0.4) is 0 Å². The van der Waals surface area contributed by atoms with Crippen molar-refractivity contribution >= 4 is 11.9 Å². The summed E-state index contributed by atoms with van der Waals surface area (Å²) in [6, 6.07) is 5.82. The van der Waals surface area contributed by atoms with E-state index in [1.807, 2.05) is 55.5 Å². The quantitative estimate of drug-likeness (QED) is 0.770. The van der Waals surface area contributed by atoms with Crippen molar-refractivity contribution in [3.63, 3.8) is 0 Å². The summed E-state index contributed by atoms with van der Waals surface area (Å²) >= 11 is 0. The Labute approximate surface area is 188 Å². The second-order valence-corrected chi connectivity index (χ2v) is 8.74. The van der Waals surface area contributed by atoms with E-state index in [0.29, 0.717) is 45.9 Å². The number of rotatable bonds is 5. The minimum Gasteiger partial charge on any atom is -0.365 e. The van der Waals surface area contributed by atoms with E-state index in [1.165, 1.54) is 0 Å². The molecule has 0 radical (unpaired) electrons. The molecule has 2 aliphatic rings. The Bertz CT molecular complexity index is 1020. The molecule has 2 aliphatic heterocycles. The van der Waals surface area contributed by atoms with Crippen LogP contribution in [0, 0.1) is 13.8 Å². The Kier molecular flexibility index (Phi) is 6.19. The first-order valence-corrected chi connectivity index (χ1v) is 11.3. The van der Waals surface area contributed by atoms with Gasteiger partial charge in [0, 0.05) is 25.2 Å². The summed E-state index contributed by atoms with van der Waals surface area (Å²) < 4.78 is 8.16. The molecule has 172 valence electrons. The van der Waals surface area contributed by atoms with Crippen molar-refractivity contribution in [2.75, 3.05) is 26.2 Å². The van der Waals surface area contributed by atoms with Crippen LogP contribution in [-0.4, -0.2) is 68.5 Å². The van der Waals surface area contributed by atoms with Gasteiger partial charge in [0.05, 0.1) is 31.9 Å². The van der Waals surface area contributed by atoms with Crippen LogP contribution in [0.15, 0.2) is 18.2 Å². The molecule has 9 nitrogen and oxygen atoms in total. The summed E-state index contributed by atoms with van der Waals surface area (Å²) in [5, 5.41) is 11.5. The number of fused-ring (bicyclic) bond motifs is 1. The Morgan fingerprint density at radius 2 is 2.00 bits per heavy atom. The number of hydrogen-bond donors (Lipinski definition) is 1. The maximum atomic E-state index is 13.1. The molecular formula is C23H32N6O3. The number of ether oxygens (including phenoxy) is 1. The number of aromatic nitrogens is 3. The maximum absolute atomic E-state index is 13.1. The lowest BCUT2D eigenvalue weighted by atomic mass is 10.0. The average molecular weight is 441 g/mol. The van der Waals surface area contributed by atoms with Crippen LogP contribution in [0.5, 0.6) is 0 Å². The van der Waals surface area contributed by atoms with Crippen LogP contribution in [0.1, 0.15) is 53.1 Å². The van der Waals surface area contributed by atoms with Crippen molar-refractivity contribution < 1.29 is 14.3 Å². The lowest BCUT2D eigenvalue weighted by molar-refractivity contribution is -0.0828. The summed E-state index contributed by atoms with van der Waals surface area (Å²) in [5.41, 5.74) is 4.05. The highest BCUT2D eigenvalue weighted by atomic mass is 16.5. The molecule has 0 saturated carbocycles. The van der Waals surface area contributed by atoms with Crippen molar-refractivity contribution in [1.82, 2.24) is 30.1 Å². The first-order chi connectivity index (χ1) is 15.4. The topological polar surface area (TPSA) is 92.6 Å². The van der Waals surface area contributed by atoms with E-state index in [9.17, 15) is 9.59 Å². The largest absolute Gasteiger partial charge is 0.365 e. The predicted molar refractivity (Wildman–Crippen MR) is 119 cm³/mol. The van der Waals surface area contributed by atoms with E-state index >= 15 is 0 Å². The van der Waals surface area contributed by atoms with Gasteiger partial charge in [0.15, 0.2) is 0 Å². The molecule has 1 spiro atoms. The van der Waals surface area contributed by atoms with Gasteiger partial charge in [-0.2, -0.15) is 0 Å². The van der Waals surface area contributed by atoms with E-state index in [0.717, 1.165) is 34.5 Å². The highest BCUT2D eigenvalue weighted by Gasteiger charge is 2.45. The zero-order valence-corrected chi connectivity index (χ0v) is 19.3. The zero-order chi connectivity index (χ0) is 22.9. The van der Waals surface area contributed by atoms with E-state index in [1.54, 1.807) is 4.90 Å². The van der Waals surface area contributed by atoms with Gasteiger partial charge >= 0.3 is 6.03 Å². The normalized spacial score (nSPS) is 19.8. The van der Waals surface area contributed by atoms with Crippen LogP contribution in [0.25, 0.3) is 0 Å². The Morgan fingerprint density at radius 3 is 2.72 bits per heavy atom. The number of carbonyl (C=O) groups excluding carboxylic acids is 2. The third-order valence-electron chi connectivity index (χ3n) is 6.54. The summed E-state index contributed by atoms with van der Waals surface area (Å²) in [4.78, 5) is 28.9. The Morgan fingerprint density at radius 1 is 1.22 bits per heavy atom. The highest BCUT2D eigenvalue weighted by Crippen LogP contribution is 2.33. The third-order valence-corrected chi connectivity index (χ3v) is 6.54. The van der Waals surface area contributed by atoms with E-state index in [4.69, 9.17) is 4.74 Å². The molecule has 1 saturated heterocycles. The summed E-state index contributed by atoms with van der Waals surface area (Å²) in [5.74, 6) is 0.0483. The number of nitrogens with zero attached hydrogens (tertiary/aromatic N) is 5. The molecule has 1 fully saturated rings. The first kappa shape index (κ1) is 22.3. The van der Waals surface area contributed by atoms with Gasteiger partial charge < -0.3 is 19.9 Å². The zero-order valence-electron chi connectivity index (χ0n) is 19.3. The monoisotopic (exact) mass is 440 g/mol. The second-order valence-electron chi connectivity index (χ2n) is 8.74. The molecule has 3 amide bonds. The van der Waals surface area contributed by atoms with Crippen molar-refractivity contribution in [3.8, 4) is 0 Å². The number of nitrogens with one attached hydrogen (secondary N) is 1. The van der Waals surface area contributed by atoms with Crippen LogP contribution < -0.4 is 5.32 Å². The van der Waals surface area contributed by atoms with Crippen molar-refractivity contribution in [2.24, 2.45) is 0 Å². The standard InChI is InChI=1S/C23H32N6O3/c1-5-27(6-2)22(31)24-12-19-20-13-32-23(15-29(20)26-25-19)9-10-28(14-23)21(30)18-8-7-16(3)11-17(18)4/h7-8,11H,5-6,9-10,12-15H2,1-4H3,(H,24,31). The van der Waals surface area contributed by atoms with Crippen LogP contribution in [-0.2, 0) is 24.4 Å². The molecular weight excluding hydrogens is 408 g/mol. The van der Waals surface area contributed by atoms with Crippen LogP contribution in [0.4, 0.5) is 4.79 Å². The van der Waals surface area contributed by atoms with Gasteiger partial charge in [0.25, 0.3) is 5.91 Å². The minimum atomic E-state index is -0.448. The molecule has 4 rings (SSSR count). The number of urea groups is 1. The fraction of sp³-hybridized carbons (Fsp3) is 0.565. The van der Waals surface area contributed by atoms with Gasteiger partial charge in [-0.25, -0.2) is 9.48 Å². The molecule has 3 heterocycles. The lowest BCUT2D eigenvalue weighted by Crippen LogP contribution is -2.45. The SMILES string of the molecule is CCN(CC)C(=O)NCc1nnn2c1COC1(CCN(C(=O)c3ccc(C)cc3C)C1)C2. The fourth-order valence-corrected chi connectivity index (χ4v) is 4.60. The van der Waals surface area contributed by atoms with Crippen LogP contribution in [0.2, 0.25) is 0 Å². The molecule has 1 aromatic heterocycles. The van der Waals surface area contributed by atoms with Gasteiger partial charge in [-0.15, -0.1) is 5.10 Å². The Hall–Kier alpha value is -2.94. The molecule has 9 heteroatoms.